The molecule has 2 aliphatic rings. The Morgan fingerprint density at radius 3 is 2.71 bits per heavy atom. The number of hydrogen-bond acceptors (Lipinski definition) is 4. The number of carbonyl (C=O) groups excluding carboxylic acids is 1. The quantitative estimate of drug-likeness (QED) is 0.746. The molecule has 1 unspecified atom stereocenters. The predicted octanol–water partition coefficient (Wildman–Crippen LogP) is 0.675. The smallest absolute Gasteiger partial charge is 0.240 e. The lowest BCUT2D eigenvalue weighted by Gasteiger charge is -2.11. The van der Waals surface area contributed by atoms with Gasteiger partial charge in [-0.05, 0) is 44.0 Å². The maximum absolute atomic E-state index is 12.1. The number of amides is 1. The van der Waals surface area contributed by atoms with E-state index < -0.39 is 10.0 Å². The van der Waals surface area contributed by atoms with Crippen LogP contribution in [0.5, 0.6) is 0 Å². The number of rotatable bonds is 5. The first kappa shape index (κ1) is 14.5. The second kappa shape index (κ2) is 5.75. The molecule has 1 saturated carbocycles. The summed E-state index contributed by atoms with van der Waals surface area (Å²) in [6, 6.07) is 6.46. The van der Waals surface area contributed by atoms with Crippen LogP contribution in [0.4, 0.5) is 5.69 Å². The molecule has 0 aromatic heterocycles. The highest BCUT2D eigenvalue weighted by molar-refractivity contribution is 7.89. The van der Waals surface area contributed by atoms with Gasteiger partial charge in [-0.15, -0.1) is 0 Å². The van der Waals surface area contributed by atoms with Gasteiger partial charge in [-0.3, -0.25) is 4.79 Å². The molecule has 0 spiro atoms. The van der Waals surface area contributed by atoms with Crippen molar-refractivity contribution in [3.8, 4) is 0 Å². The molecule has 6 nitrogen and oxygen atoms in total. The Morgan fingerprint density at radius 2 is 2.05 bits per heavy atom. The topological polar surface area (TPSA) is 87.3 Å². The van der Waals surface area contributed by atoms with E-state index in [4.69, 9.17) is 0 Å². The van der Waals surface area contributed by atoms with Gasteiger partial charge in [0.1, 0.15) is 0 Å². The molecule has 21 heavy (non-hydrogen) atoms. The summed E-state index contributed by atoms with van der Waals surface area (Å²) in [7, 11) is -3.49. The Labute approximate surface area is 124 Å². The van der Waals surface area contributed by atoms with Crippen LogP contribution in [0.25, 0.3) is 0 Å². The second-order valence-corrected chi connectivity index (χ2v) is 7.32. The van der Waals surface area contributed by atoms with Gasteiger partial charge in [-0.1, -0.05) is 6.07 Å². The summed E-state index contributed by atoms with van der Waals surface area (Å²) < 4.78 is 26.9. The Bertz CT molecular complexity index is 635. The van der Waals surface area contributed by atoms with Gasteiger partial charge in [0.25, 0.3) is 0 Å². The molecule has 1 aromatic carbocycles. The molecule has 7 heteroatoms. The van der Waals surface area contributed by atoms with Crippen LogP contribution >= 0.6 is 0 Å². The highest BCUT2D eigenvalue weighted by Gasteiger charge is 2.28. The van der Waals surface area contributed by atoms with Crippen molar-refractivity contribution in [3.05, 3.63) is 24.3 Å². The fraction of sp³-hybridized carbons (Fsp3) is 0.500. The van der Waals surface area contributed by atoms with Crippen LogP contribution in [-0.2, 0) is 14.8 Å². The molecule has 1 aromatic rings. The Kier molecular flexibility index (Phi) is 3.97. The Balaban J connectivity index is 1.71. The minimum Gasteiger partial charge on any atom is -0.326 e. The molecular weight excluding hydrogens is 290 g/mol. The molecule has 1 atom stereocenters. The summed E-state index contributed by atoms with van der Waals surface area (Å²) in [5, 5.41) is 5.93. The molecule has 1 amide bonds. The van der Waals surface area contributed by atoms with Crippen LogP contribution < -0.4 is 15.4 Å². The second-order valence-electron chi connectivity index (χ2n) is 5.60. The predicted molar refractivity (Wildman–Crippen MR) is 79.4 cm³/mol. The van der Waals surface area contributed by atoms with Gasteiger partial charge in [0, 0.05) is 18.3 Å². The molecule has 1 aliphatic heterocycles. The van der Waals surface area contributed by atoms with E-state index in [1.165, 1.54) is 12.1 Å². The molecular formula is C14H19N3O3S. The average Bonchev–Trinajstić information content (AvgIpc) is 3.08. The third kappa shape index (κ3) is 3.61. The van der Waals surface area contributed by atoms with Crippen LogP contribution in [-0.4, -0.2) is 33.5 Å². The Morgan fingerprint density at radius 1 is 1.24 bits per heavy atom. The monoisotopic (exact) mass is 309 g/mol. The van der Waals surface area contributed by atoms with E-state index >= 15 is 0 Å². The minimum atomic E-state index is -3.49. The maximum atomic E-state index is 12.1. The van der Waals surface area contributed by atoms with Crippen molar-refractivity contribution in [2.24, 2.45) is 5.92 Å². The average molecular weight is 309 g/mol. The molecule has 0 bridgehead atoms. The van der Waals surface area contributed by atoms with Crippen LogP contribution in [0, 0.1) is 5.92 Å². The lowest BCUT2D eigenvalue weighted by Crippen LogP contribution is -2.26. The van der Waals surface area contributed by atoms with Crippen molar-refractivity contribution in [2.75, 3.05) is 18.4 Å². The number of hydrogen-bond donors (Lipinski definition) is 3. The highest BCUT2D eigenvalue weighted by atomic mass is 32.2. The van der Waals surface area contributed by atoms with Crippen LogP contribution in [0.2, 0.25) is 0 Å². The lowest BCUT2D eigenvalue weighted by molar-refractivity contribution is -0.119. The largest absolute Gasteiger partial charge is 0.326 e. The van der Waals surface area contributed by atoms with Crippen molar-refractivity contribution in [2.45, 2.75) is 30.2 Å². The summed E-state index contributed by atoms with van der Waals surface area (Å²) in [5.41, 5.74) is 0.519. The fourth-order valence-electron chi connectivity index (χ4n) is 2.35. The zero-order valence-electron chi connectivity index (χ0n) is 11.6. The number of anilines is 1. The molecule has 2 fully saturated rings. The first-order valence-corrected chi connectivity index (χ1v) is 8.67. The third-order valence-corrected chi connectivity index (χ3v) is 5.26. The van der Waals surface area contributed by atoms with Gasteiger partial charge in [0.15, 0.2) is 0 Å². The summed E-state index contributed by atoms with van der Waals surface area (Å²) in [6.45, 7) is 1.52. The van der Waals surface area contributed by atoms with E-state index in [0.717, 1.165) is 25.8 Å². The summed E-state index contributed by atoms with van der Waals surface area (Å²) in [5.74, 6) is -0.112. The molecule has 1 saturated heterocycles. The molecule has 114 valence electrons. The maximum Gasteiger partial charge on any atom is 0.240 e. The number of sulfonamides is 1. The van der Waals surface area contributed by atoms with Crippen molar-refractivity contribution < 1.29 is 13.2 Å². The molecule has 1 aliphatic carbocycles. The van der Waals surface area contributed by atoms with E-state index in [2.05, 4.69) is 15.4 Å². The van der Waals surface area contributed by atoms with Crippen LogP contribution in [0.1, 0.15) is 19.3 Å². The minimum absolute atomic E-state index is 0.0464. The van der Waals surface area contributed by atoms with Gasteiger partial charge in [-0.2, -0.15) is 0 Å². The van der Waals surface area contributed by atoms with Crippen molar-refractivity contribution in [3.63, 3.8) is 0 Å². The zero-order chi connectivity index (χ0) is 14.9. The van der Waals surface area contributed by atoms with Crippen LogP contribution in [0.3, 0.4) is 0 Å². The van der Waals surface area contributed by atoms with E-state index in [0.29, 0.717) is 12.2 Å². The first-order chi connectivity index (χ1) is 10.0. The van der Waals surface area contributed by atoms with Crippen molar-refractivity contribution >= 4 is 21.6 Å². The summed E-state index contributed by atoms with van der Waals surface area (Å²) in [4.78, 5) is 12.2. The molecule has 1 heterocycles. The van der Waals surface area contributed by atoms with E-state index in [9.17, 15) is 13.2 Å². The SMILES string of the molecule is O=C(Nc1cccc(S(=O)(=O)NC2CC2)c1)C1CCNC1. The summed E-state index contributed by atoms with van der Waals surface area (Å²) >= 11 is 0. The first-order valence-electron chi connectivity index (χ1n) is 7.18. The van der Waals surface area contributed by atoms with E-state index in [1.807, 2.05) is 0 Å². The number of carbonyl (C=O) groups is 1. The Hall–Kier alpha value is -1.44. The zero-order valence-corrected chi connectivity index (χ0v) is 12.4. The number of benzene rings is 1. The van der Waals surface area contributed by atoms with Gasteiger partial charge in [0.2, 0.25) is 15.9 Å². The molecule has 3 N–H and O–H groups in total. The van der Waals surface area contributed by atoms with Gasteiger partial charge in [-0.25, -0.2) is 13.1 Å². The van der Waals surface area contributed by atoms with Gasteiger partial charge in [0.05, 0.1) is 10.8 Å². The standard InChI is InChI=1S/C14H19N3O3S/c18-14(10-6-7-15-9-10)16-12-2-1-3-13(8-12)21(19,20)17-11-4-5-11/h1-3,8,10-11,15,17H,4-7,9H2,(H,16,18). The van der Waals surface area contributed by atoms with Gasteiger partial charge >= 0.3 is 0 Å². The van der Waals surface area contributed by atoms with E-state index in [1.54, 1.807) is 12.1 Å². The number of nitrogens with one attached hydrogen (secondary N) is 3. The lowest BCUT2D eigenvalue weighted by atomic mass is 10.1. The van der Waals surface area contributed by atoms with E-state index in [-0.39, 0.29) is 22.8 Å². The van der Waals surface area contributed by atoms with Crippen LogP contribution in [0.15, 0.2) is 29.2 Å². The normalized spacial score (nSPS) is 22.2. The fourth-order valence-corrected chi connectivity index (χ4v) is 3.70. The summed E-state index contributed by atoms with van der Waals surface area (Å²) in [6.07, 6.45) is 2.60. The van der Waals surface area contributed by atoms with Gasteiger partial charge < -0.3 is 10.6 Å². The van der Waals surface area contributed by atoms with Crippen molar-refractivity contribution in [1.29, 1.82) is 0 Å². The highest BCUT2D eigenvalue weighted by Crippen LogP contribution is 2.23. The third-order valence-electron chi connectivity index (χ3n) is 3.74. The van der Waals surface area contributed by atoms with Crippen molar-refractivity contribution in [1.82, 2.24) is 10.0 Å². The molecule has 3 rings (SSSR count). The molecule has 0 radical (unpaired) electrons.